The number of nitrogens with one attached hydrogen (secondary N) is 1. The normalized spacial score (nSPS) is 11.0. The molecule has 0 atom stereocenters. The number of anilines is 1. The van der Waals surface area contributed by atoms with Gasteiger partial charge in [0.2, 0.25) is 5.91 Å². The molecule has 1 amide bonds. The van der Waals surface area contributed by atoms with Crippen molar-refractivity contribution in [2.24, 2.45) is 14.1 Å². The first-order valence-corrected chi connectivity index (χ1v) is 7.65. The molecule has 6 heteroatoms. The molecule has 3 rings (SSSR count). The number of fused-ring (bicyclic) bond motifs is 1. The predicted octanol–water partition coefficient (Wildman–Crippen LogP) is 2.59. The molecular formula is C18H18FN3O2. The third-order valence-electron chi connectivity index (χ3n) is 4.11. The lowest BCUT2D eigenvalue weighted by molar-refractivity contribution is -0.116. The van der Waals surface area contributed by atoms with Crippen molar-refractivity contribution in [3.05, 3.63) is 64.3 Å². The lowest BCUT2D eigenvalue weighted by Gasteiger charge is -2.06. The van der Waals surface area contributed by atoms with Crippen molar-refractivity contribution in [3.8, 4) is 0 Å². The minimum absolute atomic E-state index is 0.107. The second-order valence-electron chi connectivity index (χ2n) is 5.78. The molecule has 0 spiro atoms. The van der Waals surface area contributed by atoms with Crippen LogP contribution in [0.1, 0.15) is 12.0 Å². The second-order valence-corrected chi connectivity index (χ2v) is 5.78. The maximum atomic E-state index is 12.9. The van der Waals surface area contributed by atoms with Gasteiger partial charge >= 0.3 is 5.69 Å². The summed E-state index contributed by atoms with van der Waals surface area (Å²) in [5.74, 6) is -0.412. The van der Waals surface area contributed by atoms with Crippen molar-refractivity contribution in [1.29, 1.82) is 0 Å². The number of rotatable bonds is 4. The number of amides is 1. The number of carbonyl (C=O) groups excluding carboxylic acids is 1. The van der Waals surface area contributed by atoms with Crippen molar-refractivity contribution in [2.45, 2.75) is 12.8 Å². The third-order valence-corrected chi connectivity index (χ3v) is 4.11. The second kappa shape index (κ2) is 6.31. The molecule has 3 aromatic rings. The minimum atomic E-state index is -0.287. The van der Waals surface area contributed by atoms with Gasteiger partial charge < -0.3 is 5.32 Å². The van der Waals surface area contributed by atoms with Gasteiger partial charge in [0.05, 0.1) is 11.0 Å². The standard InChI is InChI=1S/C18H18FN3O2/c1-21-15-9-8-14(11-16(15)22(2)18(21)24)20-17(23)10-5-12-3-6-13(19)7-4-12/h3-4,6-9,11H,5,10H2,1-2H3,(H,20,23). The zero-order valence-electron chi connectivity index (χ0n) is 13.5. The van der Waals surface area contributed by atoms with Crippen LogP contribution in [0.15, 0.2) is 47.3 Å². The Morgan fingerprint density at radius 1 is 1.04 bits per heavy atom. The molecular weight excluding hydrogens is 309 g/mol. The van der Waals surface area contributed by atoms with Gasteiger partial charge in [-0.2, -0.15) is 0 Å². The van der Waals surface area contributed by atoms with Crippen LogP contribution in [0.5, 0.6) is 0 Å². The Balaban J connectivity index is 1.70. The van der Waals surface area contributed by atoms with Crippen molar-refractivity contribution in [1.82, 2.24) is 9.13 Å². The van der Waals surface area contributed by atoms with E-state index in [0.29, 0.717) is 18.5 Å². The van der Waals surface area contributed by atoms with E-state index in [1.54, 1.807) is 47.5 Å². The molecule has 0 aliphatic heterocycles. The van der Waals surface area contributed by atoms with Crippen molar-refractivity contribution in [3.63, 3.8) is 0 Å². The number of nitrogens with zero attached hydrogens (tertiary/aromatic N) is 2. The van der Waals surface area contributed by atoms with Crippen molar-refractivity contribution >= 4 is 22.6 Å². The van der Waals surface area contributed by atoms with Gasteiger partial charge in [0, 0.05) is 26.2 Å². The SMILES string of the molecule is Cn1c(=O)n(C)c2cc(NC(=O)CCc3ccc(F)cc3)ccc21. The Bertz CT molecular complexity index is 955. The van der Waals surface area contributed by atoms with E-state index in [1.807, 2.05) is 6.07 Å². The first-order valence-electron chi connectivity index (χ1n) is 7.65. The van der Waals surface area contributed by atoms with Gasteiger partial charge in [-0.05, 0) is 42.3 Å². The van der Waals surface area contributed by atoms with E-state index < -0.39 is 0 Å². The zero-order valence-corrected chi connectivity index (χ0v) is 13.5. The fourth-order valence-corrected chi connectivity index (χ4v) is 2.72. The molecule has 0 aliphatic rings. The number of carbonyl (C=O) groups is 1. The van der Waals surface area contributed by atoms with Crippen LogP contribution < -0.4 is 11.0 Å². The topological polar surface area (TPSA) is 56.0 Å². The largest absolute Gasteiger partial charge is 0.328 e. The molecule has 2 aromatic carbocycles. The van der Waals surface area contributed by atoms with Gasteiger partial charge in [-0.15, -0.1) is 0 Å². The Morgan fingerprint density at radius 2 is 1.71 bits per heavy atom. The summed E-state index contributed by atoms with van der Waals surface area (Å²) >= 11 is 0. The molecule has 5 nitrogen and oxygen atoms in total. The smallest absolute Gasteiger partial charge is 0.326 e. The third kappa shape index (κ3) is 3.08. The Kier molecular flexibility index (Phi) is 4.20. The first kappa shape index (κ1) is 16.0. The maximum absolute atomic E-state index is 12.9. The summed E-state index contributed by atoms with van der Waals surface area (Å²) in [6.07, 6.45) is 0.843. The summed E-state index contributed by atoms with van der Waals surface area (Å²) < 4.78 is 16.0. The lowest BCUT2D eigenvalue weighted by Crippen LogP contribution is -2.19. The monoisotopic (exact) mass is 327 g/mol. The summed E-state index contributed by atoms with van der Waals surface area (Å²) in [4.78, 5) is 24.0. The van der Waals surface area contributed by atoms with Crippen LogP contribution in [0.3, 0.4) is 0 Å². The molecule has 0 saturated heterocycles. The van der Waals surface area contributed by atoms with E-state index >= 15 is 0 Å². The summed E-state index contributed by atoms with van der Waals surface area (Å²) in [6, 6.07) is 11.5. The molecule has 124 valence electrons. The highest BCUT2D eigenvalue weighted by Gasteiger charge is 2.09. The highest BCUT2D eigenvalue weighted by molar-refractivity contribution is 5.93. The zero-order chi connectivity index (χ0) is 17.3. The Morgan fingerprint density at radius 3 is 2.42 bits per heavy atom. The molecule has 0 fully saturated rings. The molecule has 0 unspecified atom stereocenters. The van der Waals surface area contributed by atoms with Crippen LogP contribution in [0.4, 0.5) is 10.1 Å². The van der Waals surface area contributed by atoms with Gasteiger partial charge in [-0.25, -0.2) is 9.18 Å². The van der Waals surface area contributed by atoms with Crippen molar-refractivity contribution < 1.29 is 9.18 Å². The van der Waals surface area contributed by atoms with Gasteiger partial charge in [0.1, 0.15) is 5.82 Å². The molecule has 1 aromatic heterocycles. The number of halogens is 1. The van der Waals surface area contributed by atoms with E-state index in [-0.39, 0.29) is 17.4 Å². The predicted molar refractivity (Wildman–Crippen MR) is 91.5 cm³/mol. The fourth-order valence-electron chi connectivity index (χ4n) is 2.72. The van der Waals surface area contributed by atoms with E-state index in [2.05, 4.69) is 5.32 Å². The van der Waals surface area contributed by atoms with Crippen LogP contribution >= 0.6 is 0 Å². The Hall–Kier alpha value is -2.89. The molecule has 0 saturated carbocycles. The number of imidazole rings is 1. The quantitative estimate of drug-likeness (QED) is 0.801. The first-order chi connectivity index (χ1) is 11.5. The van der Waals surface area contributed by atoms with Crippen LogP contribution in [0.25, 0.3) is 11.0 Å². The molecule has 0 aliphatic carbocycles. The summed E-state index contributed by atoms with van der Waals surface area (Å²) in [5.41, 5.74) is 3.02. The highest BCUT2D eigenvalue weighted by atomic mass is 19.1. The molecule has 1 heterocycles. The van der Waals surface area contributed by atoms with Gasteiger partial charge in [-0.3, -0.25) is 13.9 Å². The van der Waals surface area contributed by atoms with Crippen LogP contribution in [0, 0.1) is 5.82 Å². The number of benzene rings is 2. The van der Waals surface area contributed by atoms with E-state index in [0.717, 1.165) is 16.6 Å². The molecule has 1 N–H and O–H groups in total. The highest BCUT2D eigenvalue weighted by Crippen LogP contribution is 2.18. The average molecular weight is 327 g/mol. The van der Waals surface area contributed by atoms with Crippen LogP contribution in [-0.4, -0.2) is 15.0 Å². The van der Waals surface area contributed by atoms with E-state index in [4.69, 9.17) is 0 Å². The van der Waals surface area contributed by atoms with E-state index in [9.17, 15) is 14.0 Å². The average Bonchev–Trinajstić information content (AvgIpc) is 2.79. The lowest BCUT2D eigenvalue weighted by atomic mass is 10.1. The molecule has 0 radical (unpaired) electrons. The van der Waals surface area contributed by atoms with Gasteiger partial charge in [0.25, 0.3) is 0 Å². The summed E-state index contributed by atoms with van der Waals surface area (Å²) in [5, 5.41) is 2.83. The molecule has 24 heavy (non-hydrogen) atoms. The number of hydrogen-bond donors (Lipinski definition) is 1. The summed E-state index contributed by atoms with van der Waals surface area (Å²) in [7, 11) is 3.41. The Labute approximate surface area is 138 Å². The van der Waals surface area contributed by atoms with Gasteiger partial charge in [-0.1, -0.05) is 12.1 Å². The minimum Gasteiger partial charge on any atom is -0.326 e. The van der Waals surface area contributed by atoms with E-state index in [1.165, 1.54) is 12.1 Å². The number of hydrogen-bond acceptors (Lipinski definition) is 2. The fraction of sp³-hybridized carbons (Fsp3) is 0.222. The maximum Gasteiger partial charge on any atom is 0.328 e. The molecule has 0 bridgehead atoms. The van der Waals surface area contributed by atoms with Gasteiger partial charge in [0.15, 0.2) is 0 Å². The van der Waals surface area contributed by atoms with Crippen molar-refractivity contribution in [2.75, 3.05) is 5.32 Å². The summed E-state index contributed by atoms with van der Waals surface area (Å²) in [6.45, 7) is 0. The number of aromatic nitrogens is 2. The number of aryl methyl sites for hydroxylation is 3. The van der Waals surface area contributed by atoms with Crippen LogP contribution in [0.2, 0.25) is 0 Å². The van der Waals surface area contributed by atoms with Crippen LogP contribution in [-0.2, 0) is 25.3 Å².